The van der Waals surface area contributed by atoms with Crippen molar-refractivity contribution in [1.82, 2.24) is 4.57 Å². The van der Waals surface area contributed by atoms with Crippen molar-refractivity contribution in [3.8, 4) is 0 Å². The van der Waals surface area contributed by atoms with Crippen LogP contribution in [0.1, 0.15) is 33.6 Å². The second-order valence-electron chi connectivity index (χ2n) is 10.1. The summed E-state index contributed by atoms with van der Waals surface area (Å²) in [6.07, 6.45) is 0. The van der Waals surface area contributed by atoms with Crippen LogP contribution in [0.2, 0.25) is 5.02 Å². The van der Waals surface area contributed by atoms with Crippen molar-refractivity contribution in [2.24, 2.45) is 5.92 Å². The fourth-order valence-electron chi connectivity index (χ4n) is 5.38. The molecule has 3 heterocycles. The van der Waals surface area contributed by atoms with Gasteiger partial charge in [-0.05, 0) is 73.2 Å². The van der Waals surface area contributed by atoms with Crippen molar-refractivity contribution < 1.29 is 23.9 Å². The summed E-state index contributed by atoms with van der Waals surface area (Å²) in [6, 6.07) is 20.2. The average molecular weight is 713 g/mol. The van der Waals surface area contributed by atoms with E-state index in [1.807, 2.05) is 24.3 Å². The topological polar surface area (TPSA) is 115 Å². The van der Waals surface area contributed by atoms with Gasteiger partial charge in [-0.15, -0.1) is 0 Å². The number of nitrogens with zero attached hydrogens (tertiary/aromatic N) is 2. The molecule has 0 radical (unpaired) electrons. The van der Waals surface area contributed by atoms with E-state index in [9.17, 15) is 24.0 Å². The summed E-state index contributed by atoms with van der Waals surface area (Å²) >= 11 is 11.5. The highest BCUT2D eigenvalue weighted by Crippen LogP contribution is 2.54. The van der Waals surface area contributed by atoms with Gasteiger partial charge in [0, 0.05) is 26.0 Å². The van der Waals surface area contributed by atoms with Crippen LogP contribution in [0.3, 0.4) is 0 Å². The van der Waals surface area contributed by atoms with Crippen molar-refractivity contribution >= 4 is 85.7 Å². The summed E-state index contributed by atoms with van der Waals surface area (Å²) in [6.45, 7) is 1.66. The zero-order chi connectivity index (χ0) is 31.1. The largest absolute Gasteiger partial charge is 0.462 e. The standard InChI is InChI=1S/C31H23BrClN3O6S2/c1-2-42-30(40)17-5-13-21(14-6-17)36-27(38)24-23(16-3-7-18(32)8-4-16)26-29(43-25(24)28(36)39)35(31(41)44-26)15-22(37)34-20-11-9-19(33)10-12-20/h3-14,23-25H,2,15H2,1H3,(H,34,37)/t23-,24?,25?/m1/s1. The first-order valence-electron chi connectivity index (χ1n) is 13.5. The van der Waals surface area contributed by atoms with Gasteiger partial charge in [-0.25, -0.2) is 9.69 Å². The van der Waals surface area contributed by atoms with Gasteiger partial charge in [0.1, 0.15) is 11.8 Å². The molecule has 3 atom stereocenters. The van der Waals surface area contributed by atoms with E-state index in [-0.39, 0.29) is 18.0 Å². The fourth-order valence-corrected chi connectivity index (χ4v) is 8.54. The van der Waals surface area contributed by atoms with Crippen LogP contribution in [0, 0.1) is 5.92 Å². The lowest BCUT2D eigenvalue weighted by Crippen LogP contribution is -2.33. The quantitative estimate of drug-likeness (QED) is 0.187. The number of ether oxygens (including phenoxy) is 1. The molecule has 1 N–H and O–H groups in total. The SMILES string of the molecule is CCOC(=O)c1ccc(N2C(=O)C3Sc4c(sc(=O)n4CC(=O)Nc4ccc(Cl)cc4)[C@H](c4ccc(Br)cc4)C3C2=O)cc1. The second kappa shape index (κ2) is 12.4. The molecule has 6 rings (SSSR count). The molecule has 4 aromatic rings. The number of fused-ring (bicyclic) bond motifs is 2. The molecule has 2 unspecified atom stereocenters. The van der Waals surface area contributed by atoms with E-state index in [1.54, 1.807) is 43.3 Å². The number of carbonyl (C=O) groups excluding carboxylic acids is 4. The number of carbonyl (C=O) groups is 4. The number of benzene rings is 3. The minimum atomic E-state index is -0.840. The lowest BCUT2D eigenvalue weighted by atomic mass is 9.83. The van der Waals surface area contributed by atoms with Crippen LogP contribution in [-0.4, -0.2) is 40.1 Å². The van der Waals surface area contributed by atoms with Crippen molar-refractivity contribution in [2.45, 2.75) is 29.7 Å². The van der Waals surface area contributed by atoms with Gasteiger partial charge in [0.2, 0.25) is 17.7 Å². The number of rotatable bonds is 7. The molecule has 2 aliphatic rings. The Kier molecular flexibility index (Phi) is 8.51. The number of esters is 1. The minimum Gasteiger partial charge on any atom is -0.462 e. The van der Waals surface area contributed by atoms with Crippen LogP contribution in [-0.2, 0) is 25.7 Å². The van der Waals surface area contributed by atoms with Gasteiger partial charge in [0.15, 0.2) is 0 Å². The average Bonchev–Trinajstić information content (AvgIpc) is 3.45. The number of nitrogens with one attached hydrogen (secondary N) is 1. The first-order valence-corrected chi connectivity index (χ1v) is 16.4. The Morgan fingerprint density at radius 2 is 1.64 bits per heavy atom. The normalized spacial score (nSPS) is 19.0. The van der Waals surface area contributed by atoms with Crippen molar-refractivity contribution in [2.75, 3.05) is 16.8 Å². The van der Waals surface area contributed by atoms with Crippen molar-refractivity contribution in [1.29, 1.82) is 0 Å². The molecule has 1 fully saturated rings. The summed E-state index contributed by atoms with van der Waals surface area (Å²) in [5, 5.41) is 2.94. The molecule has 44 heavy (non-hydrogen) atoms. The van der Waals surface area contributed by atoms with E-state index in [2.05, 4.69) is 21.2 Å². The predicted octanol–water partition coefficient (Wildman–Crippen LogP) is 5.94. The Morgan fingerprint density at radius 1 is 0.955 bits per heavy atom. The maximum atomic E-state index is 14.1. The lowest BCUT2D eigenvalue weighted by Gasteiger charge is -2.30. The monoisotopic (exact) mass is 711 g/mol. The van der Waals surface area contributed by atoms with Gasteiger partial charge in [0.25, 0.3) is 0 Å². The Balaban J connectivity index is 1.36. The number of halogens is 2. The molecule has 0 bridgehead atoms. The summed E-state index contributed by atoms with van der Waals surface area (Å²) in [5.74, 6) is -3.14. The van der Waals surface area contributed by atoms with Gasteiger partial charge in [-0.1, -0.05) is 62.8 Å². The van der Waals surface area contributed by atoms with Gasteiger partial charge >= 0.3 is 10.8 Å². The fraction of sp³-hybridized carbons (Fsp3) is 0.194. The van der Waals surface area contributed by atoms with E-state index in [0.29, 0.717) is 31.9 Å². The van der Waals surface area contributed by atoms with E-state index < -0.39 is 40.8 Å². The number of thiazole rings is 1. The molecule has 1 saturated heterocycles. The zero-order valence-electron chi connectivity index (χ0n) is 23.0. The molecule has 224 valence electrons. The number of amides is 3. The summed E-state index contributed by atoms with van der Waals surface area (Å²) in [5.41, 5.74) is 1.93. The van der Waals surface area contributed by atoms with Crippen LogP contribution in [0.25, 0.3) is 0 Å². The molecular weight excluding hydrogens is 690 g/mol. The molecular formula is C31H23BrClN3O6S2. The second-order valence-corrected chi connectivity index (χ2v) is 13.5. The molecule has 3 amide bonds. The lowest BCUT2D eigenvalue weighted by molar-refractivity contribution is -0.122. The van der Waals surface area contributed by atoms with Crippen LogP contribution in [0.4, 0.5) is 11.4 Å². The maximum Gasteiger partial charge on any atom is 0.338 e. The van der Waals surface area contributed by atoms with Crippen molar-refractivity contribution in [3.05, 3.63) is 108 Å². The zero-order valence-corrected chi connectivity index (χ0v) is 27.0. The van der Waals surface area contributed by atoms with E-state index in [0.717, 1.165) is 38.0 Å². The molecule has 0 spiro atoms. The Bertz CT molecular complexity index is 1840. The molecule has 0 aliphatic carbocycles. The first kappa shape index (κ1) is 30.3. The molecule has 3 aromatic carbocycles. The summed E-state index contributed by atoms with van der Waals surface area (Å²) in [7, 11) is 0. The van der Waals surface area contributed by atoms with Gasteiger partial charge in [0.05, 0.1) is 28.8 Å². The molecule has 2 aliphatic heterocycles. The number of anilines is 2. The molecule has 9 nitrogen and oxygen atoms in total. The molecule has 0 saturated carbocycles. The van der Waals surface area contributed by atoms with Crippen LogP contribution in [0.15, 0.2) is 87.1 Å². The van der Waals surface area contributed by atoms with Gasteiger partial charge < -0.3 is 10.1 Å². The Morgan fingerprint density at radius 3 is 2.30 bits per heavy atom. The smallest absolute Gasteiger partial charge is 0.338 e. The van der Waals surface area contributed by atoms with Gasteiger partial charge in [-0.2, -0.15) is 0 Å². The number of aromatic nitrogens is 1. The molecule has 1 aromatic heterocycles. The predicted molar refractivity (Wildman–Crippen MR) is 173 cm³/mol. The summed E-state index contributed by atoms with van der Waals surface area (Å²) < 4.78 is 7.25. The number of thioether (sulfide) groups is 1. The van der Waals surface area contributed by atoms with E-state index in [1.165, 1.54) is 16.7 Å². The summed E-state index contributed by atoms with van der Waals surface area (Å²) in [4.78, 5) is 67.9. The highest BCUT2D eigenvalue weighted by molar-refractivity contribution is 9.10. The number of imide groups is 1. The highest BCUT2D eigenvalue weighted by Gasteiger charge is 2.56. The van der Waals surface area contributed by atoms with Crippen molar-refractivity contribution in [3.63, 3.8) is 0 Å². The number of hydrogen-bond acceptors (Lipinski definition) is 8. The highest BCUT2D eigenvalue weighted by atomic mass is 79.9. The van der Waals surface area contributed by atoms with E-state index in [4.69, 9.17) is 16.3 Å². The first-order chi connectivity index (χ1) is 21.2. The van der Waals surface area contributed by atoms with E-state index >= 15 is 0 Å². The third kappa shape index (κ3) is 5.63. The maximum absolute atomic E-state index is 14.1. The third-order valence-corrected chi connectivity index (χ3v) is 10.7. The number of hydrogen-bond donors (Lipinski definition) is 1. The van der Waals surface area contributed by atoms with Gasteiger partial charge in [-0.3, -0.25) is 23.7 Å². The Hall–Kier alpha value is -3.71. The minimum absolute atomic E-state index is 0.222. The Labute approximate surface area is 273 Å². The third-order valence-electron chi connectivity index (χ3n) is 7.34. The molecule has 13 heteroatoms. The van der Waals surface area contributed by atoms with Crippen LogP contribution < -0.4 is 15.1 Å². The van der Waals surface area contributed by atoms with Crippen LogP contribution >= 0.6 is 50.6 Å². The van der Waals surface area contributed by atoms with Crippen LogP contribution in [0.5, 0.6) is 0 Å².